The molecule has 1 heterocycles. The SMILES string of the molecule is O=c1ccc(-c2ccccc2)c(CCl)[nH]1. The first-order chi connectivity index (χ1) is 7.31. The van der Waals surface area contributed by atoms with Gasteiger partial charge in [-0.1, -0.05) is 30.3 Å². The number of H-pyrrole nitrogens is 1. The maximum absolute atomic E-state index is 11.1. The maximum Gasteiger partial charge on any atom is 0.248 e. The average molecular weight is 220 g/mol. The summed E-state index contributed by atoms with van der Waals surface area (Å²) >= 11 is 5.78. The van der Waals surface area contributed by atoms with E-state index in [2.05, 4.69) is 4.98 Å². The van der Waals surface area contributed by atoms with E-state index < -0.39 is 0 Å². The zero-order valence-corrected chi connectivity index (χ0v) is 8.79. The maximum atomic E-state index is 11.1. The Kier molecular flexibility index (Phi) is 2.88. The Bertz CT molecular complexity index is 505. The van der Waals surface area contributed by atoms with Crippen LogP contribution in [0.5, 0.6) is 0 Å². The minimum Gasteiger partial charge on any atom is -0.324 e. The van der Waals surface area contributed by atoms with Crippen molar-refractivity contribution in [3.63, 3.8) is 0 Å². The molecule has 0 saturated heterocycles. The summed E-state index contributed by atoms with van der Waals surface area (Å²) in [5, 5.41) is 0. The van der Waals surface area contributed by atoms with Crippen LogP contribution in [0.4, 0.5) is 0 Å². The molecular weight excluding hydrogens is 210 g/mol. The molecule has 0 unspecified atom stereocenters. The highest BCUT2D eigenvalue weighted by atomic mass is 35.5. The normalized spacial score (nSPS) is 10.2. The smallest absolute Gasteiger partial charge is 0.248 e. The van der Waals surface area contributed by atoms with E-state index in [0.29, 0.717) is 5.88 Å². The molecule has 0 fully saturated rings. The van der Waals surface area contributed by atoms with E-state index in [-0.39, 0.29) is 5.56 Å². The van der Waals surface area contributed by atoms with Crippen LogP contribution in [0.15, 0.2) is 47.3 Å². The zero-order valence-electron chi connectivity index (χ0n) is 8.03. The summed E-state index contributed by atoms with van der Waals surface area (Å²) in [4.78, 5) is 13.9. The fraction of sp³-hybridized carbons (Fsp3) is 0.0833. The Morgan fingerprint density at radius 1 is 1.07 bits per heavy atom. The van der Waals surface area contributed by atoms with Gasteiger partial charge in [-0.15, -0.1) is 11.6 Å². The predicted molar refractivity (Wildman–Crippen MR) is 62.1 cm³/mol. The fourth-order valence-corrected chi connectivity index (χ4v) is 1.72. The molecular formula is C12H10ClNO. The molecule has 1 aromatic carbocycles. The number of hydrogen-bond donors (Lipinski definition) is 1. The van der Waals surface area contributed by atoms with Gasteiger partial charge in [-0.3, -0.25) is 4.79 Å². The minimum atomic E-state index is -0.120. The second kappa shape index (κ2) is 4.32. The number of benzene rings is 1. The van der Waals surface area contributed by atoms with Crippen LogP contribution >= 0.6 is 11.6 Å². The number of hydrogen-bond acceptors (Lipinski definition) is 1. The Hall–Kier alpha value is -1.54. The van der Waals surface area contributed by atoms with E-state index in [1.807, 2.05) is 30.3 Å². The van der Waals surface area contributed by atoms with Crippen LogP contribution < -0.4 is 5.56 Å². The van der Waals surface area contributed by atoms with Crippen LogP contribution in [0.3, 0.4) is 0 Å². The van der Waals surface area contributed by atoms with Crippen LogP contribution in [0.1, 0.15) is 5.69 Å². The molecule has 2 aromatic rings. The van der Waals surface area contributed by atoms with Gasteiger partial charge in [0.05, 0.1) is 5.88 Å². The molecule has 3 heteroatoms. The van der Waals surface area contributed by atoms with E-state index in [1.54, 1.807) is 6.07 Å². The largest absolute Gasteiger partial charge is 0.324 e. The van der Waals surface area contributed by atoms with Crippen LogP contribution in [-0.4, -0.2) is 4.98 Å². The summed E-state index contributed by atoms with van der Waals surface area (Å²) in [6.45, 7) is 0. The van der Waals surface area contributed by atoms with Gasteiger partial charge in [0.1, 0.15) is 0 Å². The van der Waals surface area contributed by atoms with Crippen molar-refractivity contribution in [2.75, 3.05) is 0 Å². The Balaban J connectivity index is 2.58. The van der Waals surface area contributed by atoms with Gasteiger partial charge in [-0.05, 0) is 11.6 Å². The van der Waals surface area contributed by atoms with Crippen LogP contribution in [0.2, 0.25) is 0 Å². The molecule has 0 spiro atoms. The molecule has 2 rings (SSSR count). The van der Waals surface area contributed by atoms with Crippen molar-refractivity contribution in [3.05, 3.63) is 58.5 Å². The highest BCUT2D eigenvalue weighted by molar-refractivity contribution is 6.17. The van der Waals surface area contributed by atoms with Gasteiger partial charge in [0.15, 0.2) is 0 Å². The topological polar surface area (TPSA) is 32.9 Å². The number of pyridine rings is 1. The molecule has 1 N–H and O–H groups in total. The number of nitrogens with one attached hydrogen (secondary N) is 1. The first kappa shape index (κ1) is 9.99. The molecule has 0 saturated carbocycles. The fourth-order valence-electron chi connectivity index (χ4n) is 1.51. The second-order valence-corrected chi connectivity index (χ2v) is 3.48. The third-order valence-electron chi connectivity index (χ3n) is 2.22. The van der Waals surface area contributed by atoms with E-state index in [4.69, 9.17) is 11.6 Å². The van der Waals surface area contributed by atoms with Gasteiger partial charge < -0.3 is 4.98 Å². The summed E-state index contributed by atoms with van der Waals surface area (Å²) in [7, 11) is 0. The Morgan fingerprint density at radius 3 is 2.47 bits per heavy atom. The van der Waals surface area contributed by atoms with E-state index in [0.717, 1.165) is 16.8 Å². The van der Waals surface area contributed by atoms with Gasteiger partial charge in [0.2, 0.25) is 5.56 Å². The Labute approximate surface area is 92.5 Å². The van der Waals surface area contributed by atoms with Crippen LogP contribution in [0, 0.1) is 0 Å². The van der Waals surface area contributed by atoms with Crippen molar-refractivity contribution in [2.45, 2.75) is 5.88 Å². The van der Waals surface area contributed by atoms with Crippen molar-refractivity contribution in [1.82, 2.24) is 4.98 Å². The molecule has 2 nitrogen and oxygen atoms in total. The standard InChI is InChI=1S/C12H10ClNO/c13-8-11-10(6-7-12(15)14-11)9-4-2-1-3-5-9/h1-7H,8H2,(H,14,15). The number of aromatic amines is 1. The number of halogens is 1. The lowest BCUT2D eigenvalue weighted by Crippen LogP contribution is -2.07. The third-order valence-corrected chi connectivity index (χ3v) is 2.49. The Morgan fingerprint density at radius 2 is 1.80 bits per heavy atom. The van der Waals surface area contributed by atoms with E-state index >= 15 is 0 Å². The second-order valence-electron chi connectivity index (χ2n) is 3.21. The van der Waals surface area contributed by atoms with Crippen LogP contribution in [-0.2, 0) is 5.88 Å². The van der Waals surface area contributed by atoms with Crippen molar-refractivity contribution in [2.24, 2.45) is 0 Å². The van der Waals surface area contributed by atoms with Gasteiger partial charge in [-0.25, -0.2) is 0 Å². The highest BCUT2D eigenvalue weighted by Crippen LogP contribution is 2.21. The first-order valence-electron chi connectivity index (χ1n) is 4.65. The van der Waals surface area contributed by atoms with Gasteiger partial charge in [0, 0.05) is 17.3 Å². The summed E-state index contributed by atoms with van der Waals surface area (Å²) in [5.41, 5.74) is 2.68. The minimum absolute atomic E-state index is 0.120. The molecule has 76 valence electrons. The lowest BCUT2D eigenvalue weighted by atomic mass is 10.1. The van der Waals surface area contributed by atoms with E-state index in [9.17, 15) is 4.79 Å². The van der Waals surface area contributed by atoms with Crippen LogP contribution in [0.25, 0.3) is 11.1 Å². The lowest BCUT2D eigenvalue weighted by Gasteiger charge is -2.05. The molecule has 0 aliphatic heterocycles. The third kappa shape index (κ3) is 2.10. The number of aromatic nitrogens is 1. The molecule has 0 aliphatic rings. The molecule has 0 atom stereocenters. The summed E-state index contributed by atoms with van der Waals surface area (Å²) in [5.74, 6) is 0.306. The summed E-state index contributed by atoms with van der Waals surface area (Å²) < 4.78 is 0. The number of rotatable bonds is 2. The van der Waals surface area contributed by atoms with Crippen molar-refractivity contribution in [1.29, 1.82) is 0 Å². The predicted octanol–water partition coefficient (Wildman–Crippen LogP) is 2.78. The molecule has 0 bridgehead atoms. The highest BCUT2D eigenvalue weighted by Gasteiger charge is 2.03. The zero-order chi connectivity index (χ0) is 10.7. The number of alkyl halides is 1. The van der Waals surface area contributed by atoms with Gasteiger partial charge in [0.25, 0.3) is 0 Å². The first-order valence-corrected chi connectivity index (χ1v) is 5.18. The lowest BCUT2D eigenvalue weighted by molar-refractivity contribution is 1.12. The van der Waals surface area contributed by atoms with E-state index in [1.165, 1.54) is 6.07 Å². The molecule has 1 aromatic heterocycles. The molecule has 15 heavy (non-hydrogen) atoms. The summed E-state index contributed by atoms with van der Waals surface area (Å²) in [6.07, 6.45) is 0. The quantitative estimate of drug-likeness (QED) is 0.775. The molecule has 0 amide bonds. The molecule has 0 radical (unpaired) electrons. The molecule has 0 aliphatic carbocycles. The van der Waals surface area contributed by atoms with Crippen molar-refractivity contribution in [3.8, 4) is 11.1 Å². The van der Waals surface area contributed by atoms with Crippen molar-refractivity contribution < 1.29 is 0 Å². The van der Waals surface area contributed by atoms with Gasteiger partial charge in [-0.2, -0.15) is 0 Å². The average Bonchev–Trinajstić information content (AvgIpc) is 2.30. The van der Waals surface area contributed by atoms with Gasteiger partial charge >= 0.3 is 0 Å². The summed E-state index contributed by atoms with van der Waals surface area (Å²) in [6, 6.07) is 13.2. The van der Waals surface area contributed by atoms with Crippen molar-refractivity contribution >= 4 is 11.6 Å². The monoisotopic (exact) mass is 219 g/mol.